The highest BCUT2D eigenvalue weighted by Crippen LogP contribution is 2.31. The van der Waals surface area contributed by atoms with Crippen LogP contribution in [-0.2, 0) is 11.3 Å². The molecule has 1 atom stereocenters. The van der Waals surface area contributed by atoms with E-state index in [0.717, 1.165) is 5.56 Å². The highest BCUT2D eigenvalue weighted by atomic mass is 16.5. The number of aliphatic carboxylic acids is 1. The van der Waals surface area contributed by atoms with E-state index in [1.54, 1.807) is 73.1 Å². The van der Waals surface area contributed by atoms with E-state index < -0.39 is 18.0 Å². The van der Waals surface area contributed by atoms with E-state index in [0.29, 0.717) is 34.8 Å². The average Bonchev–Trinajstić information content (AvgIpc) is 2.94. The molecule has 4 rings (SSSR count). The number of rotatable bonds is 10. The Bertz CT molecular complexity index is 1380. The number of benzene rings is 3. The number of aromatic nitrogens is 1. The standard InChI is InChI=1S/C29H26N4O5/c34-27(35)17-26(22-9-6-16-30-19-22)38-25-11-5-4-10-24(25)33-28(36)21-12-14-23(15-13-21)32-29(37)31-18-20-7-2-1-3-8-20/h1-16,19,26H,17-18H2,(H,33,36)(H,34,35)(H2,31,32,37). The molecule has 0 bridgehead atoms. The Hall–Kier alpha value is -5.18. The van der Waals surface area contributed by atoms with Gasteiger partial charge >= 0.3 is 12.0 Å². The van der Waals surface area contributed by atoms with E-state index in [-0.39, 0.29) is 12.5 Å². The van der Waals surface area contributed by atoms with Gasteiger partial charge < -0.3 is 25.8 Å². The van der Waals surface area contributed by atoms with Crippen molar-refractivity contribution in [3.8, 4) is 5.75 Å². The highest BCUT2D eigenvalue weighted by Gasteiger charge is 2.20. The van der Waals surface area contributed by atoms with Crippen molar-refractivity contribution in [2.24, 2.45) is 0 Å². The lowest BCUT2D eigenvalue weighted by atomic mass is 10.1. The van der Waals surface area contributed by atoms with Crippen LogP contribution in [0.4, 0.5) is 16.2 Å². The zero-order chi connectivity index (χ0) is 26.7. The van der Waals surface area contributed by atoms with Crippen LogP contribution in [-0.4, -0.2) is 28.0 Å². The van der Waals surface area contributed by atoms with Crippen molar-refractivity contribution < 1.29 is 24.2 Å². The molecule has 0 saturated heterocycles. The number of pyridine rings is 1. The molecule has 0 fully saturated rings. The lowest BCUT2D eigenvalue weighted by molar-refractivity contribution is -0.138. The quantitative estimate of drug-likeness (QED) is 0.231. The Kier molecular flexibility index (Phi) is 8.64. The van der Waals surface area contributed by atoms with E-state index >= 15 is 0 Å². The number of amides is 3. The first kappa shape index (κ1) is 25.9. The van der Waals surface area contributed by atoms with E-state index in [9.17, 15) is 19.5 Å². The number of ether oxygens (including phenoxy) is 1. The van der Waals surface area contributed by atoms with Crippen LogP contribution in [0.25, 0.3) is 0 Å². The minimum Gasteiger partial charge on any atom is -0.483 e. The van der Waals surface area contributed by atoms with Crippen molar-refractivity contribution in [1.82, 2.24) is 10.3 Å². The molecule has 0 spiro atoms. The molecule has 38 heavy (non-hydrogen) atoms. The minimum absolute atomic E-state index is 0.276. The van der Waals surface area contributed by atoms with Gasteiger partial charge in [-0.3, -0.25) is 14.6 Å². The summed E-state index contributed by atoms with van der Waals surface area (Å²) in [6.45, 7) is 0.392. The summed E-state index contributed by atoms with van der Waals surface area (Å²) in [7, 11) is 0. The Morgan fingerprint density at radius 3 is 2.29 bits per heavy atom. The molecule has 0 aliphatic carbocycles. The summed E-state index contributed by atoms with van der Waals surface area (Å²) in [5.74, 6) is -1.09. The third-order valence-corrected chi connectivity index (χ3v) is 5.52. The van der Waals surface area contributed by atoms with Gasteiger partial charge in [-0.05, 0) is 48.0 Å². The summed E-state index contributed by atoms with van der Waals surface area (Å²) < 4.78 is 6.01. The predicted molar refractivity (Wildman–Crippen MR) is 143 cm³/mol. The SMILES string of the molecule is O=C(O)CC(Oc1ccccc1NC(=O)c1ccc(NC(=O)NCc2ccccc2)cc1)c1cccnc1. The fraction of sp³-hybridized carbons (Fsp3) is 0.103. The first-order valence-electron chi connectivity index (χ1n) is 11.9. The molecule has 4 aromatic rings. The largest absolute Gasteiger partial charge is 0.483 e. The average molecular weight is 511 g/mol. The molecule has 3 amide bonds. The smallest absolute Gasteiger partial charge is 0.319 e. The summed E-state index contributed by atoms with van der Waals surface area (Å²) in [6.07, 6.45) is 2.07. The maximum absolute atomic E-state index is 12.9. The van der Waals surface area contributed by atoms with Gasteiger partial charge in [0.05, 0.1) is 12.1 Å². The van der Waals surface area contributed by atoms with Crippen LogP contribution in [0.15, 0.2) is 103 Å². The molecule has 9 heteroatoms. The Balaban J connectivity index is 1.38. The van der Waals surface area contributed by atoms with Crippen LogP contribution < -0.4 is 20.7 Å². The van der Waals surface area contributed by atoms with Crippen LogP contribution in [0.1, 0.15) is 34.0 Å². The van der Waals surface area contributed by atoms with Crippen LogP contribution in [0.3, 0.4) is 0 Å². The van der Waals surface area contributed by atoms with Crippen molar-refractivity contribution in [1.29, 1.82) is 0 Å². The van der Waals surface area contributed by atoms with Gasteiger partial charge in [-0.25, -0.2) is 4.79 Å². The number of carboxylic acid groups (broad SMARTS) is 1. The Morgan fingerprint density at radius 2 is 1.58 bits per heavy atom. The number of nitrogens with zero attached hydrogens (tertiary/aromatic N) is 1. The zero-order valence-electron chi connectivity index (χ0n) is 20.3. The predicted octanol–water partition coefficient (Wildman–Crippen LogP) is 5.25. The molecular formula is C29H26N4O5. The number of carbonyl (C=O) groups excluding carboxylic acids is 2. The first-order valence-corrected chi connectivity index (χ1v) is 11.9. The van der Waals surface area contributed by atoms with Crippen molar-refractivity contribution in [3.63, 3.8) is 0 Å². The number of carbonyl (C=O) groups is 3. The second-order valence-electron chi connectivity index (χ2n) is 8.31. The second-order valence-corrected chi connectivity index (χ2v) is 8.31. The zero-order valence-corrected chi connectivity index (χ0v) is 20.3. The summed E-state index contributed by atoms with van der Waals surface area (Å²) >= 11 is 0. The van der Waals surface area contributed by atoms with E-state index in [1.807, 2.05) is 30.3 Å². The number of carboxylic acids is 1. The Morgan fingerprint density at radius 1 is 0.842 bits per heavy atom. The van der Waals surface area contributed by atoms with Crippen LogP contribution in [0.5, 0.6) is 5.75 Å². The third-order valence-electron chi connectivity index (χ3n) is 5.52. The summed E-state index contributed by atoms with van der Waals surface area (Å²) in [6, 6.07) is 25.9. The van der Waals surface area contributed by atoms with Gasteiger partial charge in [0.1, 0.15) is 11.9 Å². The van der Waals surface area contributed by atoms with Crippen molar-refractivity contribution in [3.05, 3.63) is 120 Å². The van der Waals surface area contributed by atoms with Crippen molar-refractivity contribution in [2.75, 3.05) is 10.6 Å². The molecule has 0 saturated carbocycles. The lowest BCUT2D eigenvalue weighted by Gasteiger charge is -2.20. The fourth-order valence-corrected chi connectivity index (χ4v) is 3.63. The monoisotopic (exact) mass is 510 g/mol. The maximum Gasteiger partial charge on any atom is 0.319 e. The van der Waals surface area contributed by atoms with Gasteiger partial charge in [-0.2, -0.15) is 0 Å². The van der Waals surface area contributed by atoms with Gasteiger partial charge in [0.2, 0.25) is 0 Å². The maximum atomic E-state index is 12.9. The van der Waals surface area contributed by atoms with Gasteiger partial charge in [0.15, 0.2) is 0 Å². The van der Waals surface area contributed by atoms with E-state index in [4.69, 9.17) is 4.74 Å². The lowest BCUT2D eigenvalue weighted by Crippen LogP contribution is -2.28. The molecule has 0 aliphatic heterocycles. The topological polar surface area (TPSA) is 130 Å². The van der Waals surface area contributed by atoms with Crippen molar-refractivity contribution in [2.45, 2.75) is 19.1 Å². The summed E-state index contributed by atoms with van der Waals surface area (Å²) in [5, 5.41) is 17.7. The minimum atomic E-state index is -1.03. The molecule has 1 unspecified atom stereocenters. The first-order chi connectivity index (χ1) is 18.5. The van der Waals surface area contributed by atoms with Gasteiger partial charge in [-0.1, -0.05) is 48.5 Å². The highest BCUT2D eigenvalue weighted by molar-refractivity contribution is 6.05. The van der Waals surface area contributed by atoms with E-state index in [1.165, 1.54) is 0 Å². The molecule has 3 aromatic carbocycles. The van der Waals surface area contributed by atoms with Gasteiger partial charge in [-0.15, -0.1) is 0 Å². The van der Waals surface area contributed by atoms with Crippen LogP contribution in [0.2, 0.25) is 0 Å². The van der Waals surface area contributed by atoms with E-state index in [2.05, 4.69) is 20.9 Å². The number of anilines is 2. The normalized spacial score (nSPS) is 11.2. The number of urea groups is 1. The number of hydrogen-bond acceptors (Lipinski definition) is 5. The number of nitrogens with one attached hydrogen (secondary N) is 3. The van der Waals surface area contributed by atoms with Crippen molar-refractivity contribution >= 4 is 29.3 Å². The molecule has 1 aromatic heterocycles. The molecule has 4 N–H and O–H groups in total. The summed E-state index contributed by atoms with van der Waals surface area (Å²) in [5.41, 5.74) is 2.87. The van der Waals surface area contributed by atoms with Crippen LogP contribution in [0, 0.1) is 0 Å². The number of hydrogen-bond donors (Lipinski definition) is 4. The molecule has 0 radical (unpaired) electrons. The molecule has 9 nitrogen and oxygen atoms in total. The second kappa shape index (κ2) is 12.7. The molecule has 0 aliphatic rings. The number of para-hydroxylation sites is 2. The molecular weight excluding hydrogens is 484 g/mol. The summed E-state index contributed by atoms with van der Waals surface area (Å²) in [4.78, 5) is 40.6. The molecule has 192 valence electrons. The Labute approximate surface area is 219 Å². The van der Waals surface area contributed by atoms with Gasteiger partial charge in [0, 0.05) is 35.8 Å². The fourth-order valence-electron chi connectivity index (χ4n) is 3.63. The van der Waals surface area contributed by atoms with Gasteiger partial charge in [0.25, 0.3) is 5.91 Å². The third kappa shape index (κ3) is 7.41. The molecule has 1 heterocycles. The van der Waals surface area contributed by atoms with Crippen LogP contribution >= 0.6 is 0 Å².